The second kappa shape index (κ2) is 13.7. The highest BCUT2D eigenvalue weighted by atomic mass is 19.1. The summed E-state index contributed by atoms with van der Waals surface area (Å²) in [6.45, 7) is 2.64. The highest BCUT2D eigenvalue weighted by molar-refractivity contribution is 6.05. The van der Waals surface area contributed by atoms with Crippen LogP contribution in [0.2, 0.25) is 0 Å². The molecule has 14 heteroatoms. The van der Waals surface area contributed by atoms with E-state index in [-0.39, 0.29) is 22.9 Å². The first-order valence-corrected chi connectivity index (χ1v) is 14.7. The van der Waals surface area contributed by atoms with E-state index in [4.69, 9.17) is 15.9 Å². The summed E-state index contributed by atoms with van der Waals surface area (Å²) >= 11 is 0. The third-order valence-corrected chi connectivity index (χ3v) is 8.10. The van der Waals surface area contributed by atoms with Crippen molar-refractivity contribution in [3.63, 3.8) is 0 Å². The molecule has 2 aliphatic rings. The van der Waals surface area contributed by atoms with Gasteiger partial charge in [0.2, 0.25) is 0 Å². The number of piperidine rings is 1. The number of anilines is 2. The maximum atomic E-state index is 14.5. The fourth-order valence-corrected chi connectivity index (χ4v) is 5.77. The van der Waals surface area contributed by atoms with Crippen molar-refractivity contribution in [1.29, 1.82) is 0 Å². The number of nitrogens with one attached hydrogen (secondary N) is 1. The van der Waals surface area contributed by atoms with E-state index in [2.05, 4.69) is 15.3 Å². The molecule has 6 rings (SSSR count). The fourth-order valence-electron chi connectivity index (χ4n) is 5.77. The van der Waals surface area contributed by atoms with E-state index >= 15 is 0 Å². The van der Waals surface area contributed by atoms with Crippen molar-refractivity contribution in [2.75, 3.05) is 23.3 Å². The van der Waals surface area contributed by atoms with Gasteiger partial charge in [-0.1, -0.05) is 25.1 Å². The number of halogens is 3. The van der Waals surface area contributed by atoms with E-state index in [1.165, 1.54) is 18.3 Å². The Morgan fingerprint density at radius 1 is 0.979 bits per heavy atom. The van der Waals surface area contributed by atoms with Gasteiger partial charge in [0.15, 0.2) is 0 Å². The Hall–Kier alpha value is -5.05. The minimum atomic E-state index is -1.11. The molecular weight excluding hydrogens is 619 g/mol. The molecule has 11 nitrogen and oxygen atoms in total. The number of carbonyl (C=O) groups is 2. The lowest BCUT2D eigenvalue weighted by Gasteiger charge is -2.41. The van der Waals surface area contributed by atoms with Gasteiger partial charge in [0.05, 0.1) is 41.0 Å². The van der Waals surface area contributed by atoms with Gasteiger partial charge in [-0.05, 0) is 49.2 Å². The van der Waals surface area contributed by atoms with Gasteiger partial charge in [0, 0.05) is 30.6 Å². The van der Waals surface area contributed by atoms with E-state index in [0.717, 1.165) is 35.9 Å². The van der Waals surface area contributed by atoms with Crippen LogP contribution in [0.1, 0.15) is 51.6 Å². The molecule has 2 aromatic carbocycles. The summed E-state index contributed by atoms with van der Waals surface area (Å²) in [6.07, 6.45) is 0.994. The number of aliphatic hydroxyl groups excluding tert-OH is 2. The number of carboxylic acid groups (broad SMARTS) is 1. The van der Waals surface area contributed by atoms with Crippen molar-refractivity contribution in [3.05, 3.63) is 101 Å². The maximum Gasteiger partial charge on any atom is 0.339 e. The lowest BCUT2D eigenvalue weighted by atomic mass is 9.92. The number of aromatic carboxylic acids is 1. The number of carboxylic acids is 1. The zero-order chi connectivity index (χ0) is 34.0. The van der Waals surface area contributed by atoms with Gasteiger partial charge in [-0.3, -0.25) is 9.78 Å². The minimum absolute atomic E-state index is 0.0671. The molecule has 7 N–H and O–H groups in total. The second-order valence-electron chi connectivity index (χ2n) is 11.4. The quantitative estimate of drug-likeness (QED) is 0.184. The largest absolute Gasteiger partial charge is 0.507 e. The molecule has 0 unspecified atom stereocenters. The number of para-hydroxylation sites is 1. The maximum absolute atomic E-state index is 14.5. The molecule has 1 amide bonds. The number of rotatable bonds is 5. The number of aliphatic hydroxyl groups is 2. The van der Waals surface area contributed by atoms with Crippen LogP contribution < -0.4 is 16.0 Å². The number of pyridine rings is 2. The summed E-state index contributed by atoms with van der Waals surface area (Å²) in [4.78, 5) is 33.7. The number of nitrogens with two attached hydrogens (primary N) is 1. The predicted octanol–water partition coefficient (Wildman–Crippen LogP) is 4.03. The van der Waals surface area contributed by atoms with Crippen LogP contribution in [0.5, 0.6) is 5.75 Å². The summed E-state index contributed by atoms with van der Waals surface area (Å²) in [6, 6.07) is 10.4. The van der Waals surface area contributed by atoms with Crippen molar-refractivity contribution in [2.45, 2.75) is 38.0 Å². The van der Waals surface area contributed by atoms with Gasteiger partial charge in [0.1, 0.15) is 40.2 Å². The molecule has 1 fully saturated rings. The molecule has 1 aliphatic carbocycles. The summed E-state index contributed by atoms with van der Waals surface area (Å²) in [7, 11) is 0. The molecular formula is C33H32F3N5O6. The number of aromatic hydroxyl groups is 1. The van der Waals surface area contributed by atoms with Crippen LogP contribution in [-0.2, 0) is 6.42 Å². The van der Waals surface area contributed by atoms with Crippen molar-refractivity contribution in [2.24, 2.45) is 11.7 Å². The summed E-state index contributed by atoms with van der Waals surface area (Å²) < 4.78 is 43.1. The first-order chi connectivity index (χ1) is 22.4. The Morgan fingerprint density at radius 3 is 2.32 bits per heavy atom. The van der Waals surface area contributed by atoms with E-state index in [0.29, 0.717) is 43.0 Å². The van der Waals surface area contributed by atoms with Gasteiger partial charge >= 0.3 is 5.97 Å². The third kappa shape index (κ3) is 6.89. The average molecular weight is 652 g/mol. The highest BCUT2D eigenvalue weighted by Gasteiger charge is 2.36. The fraction of sp³-hybridized carbons (Fsp3) is 0.273. The second-order valence-corrected chi connectivity index (χ2v) is 11.4. The average Bonchev–Trinajstić information content (AvgIpc) is 3.41. The van der Waals surface area contributed by atoms with Gasteiger partial charge in [-0.25, -0.2) is 22.9 Å². The monoisotopic (exact) mass is 651 g/mol. The number of hydrogen-bond donors (Lipinski definition) is 6. The minimum Gasteiger partial charge on any atom is -0.507 e. The summed E-state index contributed by atoms with van der Waals surface area (Å²) in [5, 5.41) is 40.7. The molecule has 0 saturated carbocycles. The highest BCUT2D eigenvalue weighted by Crippen LogP contribution is 2.41. The van der Waals surface area contributed by atoms with Crippen LogP contribution in [0.15, 0.2) is 60.8 Å². The lowest BCUT2D eigenvalue weighted by Crippen LogP contribution is -2.56. The number of hydrogen-bond acceptors (Lipinski definition) is 9. The Morgan fingerprint density at radius 2 is 1.68 bits per heavy atom. The van der Waals surface area contributed by atoms with Crippen LogP contribution in [0.3, 0.4) is 0 Å². The number of nitrogens with zero attached hydrogens (tertiary/aromatic N) is 3. The van der Waals surface area contributed by atoms with Gasteiger partial charge in [-0.15, -0.1) is 0 Å². The Balaban J connectivity index is 0.000000371. The van der Waals surface area contributed by atoms with Gasteiger partial charge < -0.3 is 36.4 Å². The third-order valence-electron chi connectivity index (χ3n) is 8.10. The predicted molar refractivity (Wildman–Crippen MR) is 165 cm³/mol. The van der Waals surface area contributed by atoms with Crippen LogP contribution in [0.25, 0.3) is 11.3 Å². The number of carbonyl (C=O) groups excluding carboxylic acids is 1. The molecule has 0 radical (unpaired) electrons. The van der Waals surface area contributed by atoms with Crippen LogP contribution in [0.4, 0.5) is 24.5 Å². The zero-order valence-corrected chi connectivity index (χ0v) is 25.1. The molecule has 47 heavy (non-hydrogen) atoms. The smallest absolute Gasteiger partial charge is 0.339 e. The molecule has 4 aromatic rings. The molecule has 1 saturated heterocycles. The van der Waals surface area contributed by atoms with Gasteiger partial charge in [0.25, 0.3) is 5.91 Å². The van der Waals surface area contributed by atoms with Gasteiger partial charge in [-0.2, -0.15) is 0 Å². The van der Waals surface area contributed by atoms with E-state index in [9.17, 15) is 33.0 Å². The first-order valence-electron chi connectivity index (χ1n) is 14.7. The van der Waals surface area contributed by atoms with E-state index < -0.39 is 58.8 Å². The Labute approximate surface area is 267 Å². The SMILES string of the molecule is C[C@H]1CN(c2c(NC(=O)c3ccc(F)c(-c4c(F)cccc4F)n3)cnc3c2CC[C@H]3O)C[C@@H](N)[C@@H]1O.O=C(O)c1ccccc1O. The van der Waals surface area contributed by atoms with Crippen molar-refractivity contribution in [1.82, 2.24) is 9.97 Å². The Kier molecular flexibility index (Phi) is 9.75. The molecule has 0 bridgehead atoms. The zero-order valence-electron chi connectivity index (χ0n) is 25.1. The standard InChI is InChI=1S/C26H26F3N5O3.C7H6O3/c1-12-10-34(11-17(30)25(12)36)24-13-5-8-20(35)22(13)31-9-19(24)33-26(37)18-7-6-16(29)23(32-18)21-14(27)3-2-4-15(21)28;8-6-4-2-1-3-5(6)7(9)10/h2-4,6-7,9,12,17,20,25,35-36H,5,8,10-11,30H2,1H3,(H,33,37);1-4,8H,(H,9,10)/t12-,17+,20+,25+;/m0./s1. The van der Waals surface area contributed by atoms with E-state index in [1.807, 2.05) is 11.8 Å². The summed E-state index contributed by atoms with van der Waals surface area (Å²) in [5.74, 6) is -5.21. The number of fused-ring (bicyclic) bond motifs is 1. The topological polar surface area (TPSA) is 182 Å². The summed E-state index contributed by atoms with van der Waals surface area (Å²) in [5.41, 5.74) is 6.78. The molecule has 4 atom stereocenters. The number of amides is 1. The molecule has 246 valence electrons. The van der Waals surface area contributed by atoms with Crippen LogP contribution in [0, 0.1) is 23.4 Å². The number of aromatic nitrogens is 2. The van der Waals surface area contributed by atoms with Crippen molar-refractivity contribution < 1.29 is 43.2 Å². The molecule has 3 heterocycles. The molecule has 1 aliphatic heterocycles. The van der Waals surface area contributed by atoms with E-state index in [1.54, 1.807) is 12.1 Å². The first kappa shape index (κ1) is 33.3. The van der Waals surface area contributed by atoms with Crippen molar-refractivity contribution >= 4 is 23.3 Å². The van der Waals surface area contributed by atoms with Crippen molar-refractivity contribution in [3.8, 4) is 17.0 Å². The van der Waals surface area contributed by atoms with Crippen LogP contribution >= 0.6 is 0 Å². The number of phenols is 1. The lowest BCUT2D eigenvalue weighted by molar-refractivity contribution is 0.0693. The van der Waals surface area contributed by atoms with Crippen LogP contribution in [-0.4, -0.2) is 67.5 Å². The number of benzene rings is 2. The molecule has 0 spiro atoms. The Bertz CT molecular complexity index is 1790. The normalized spacial score (nSPS) is 20.2. The molecule has 2 aromatic heterocycles.